The zero-order valence-corrected chi connectivity index (χ0v) is 21.1. The van der Waals surface area contributed by atoms with Crippen molar-refractivity contribution in [2.45, 2.75) is 85.4 Å². The number of nitrogens with two attached hydrogens (primary N) is 2. The molecule has 0 saturated heterocycles. The lowest BCUT2D eigenvalue weighted by Gasteiger charge is -2.51. The standard InChI is InChI=1S/C23H38N2O2.C3H6O2/c1-7-17(8-2)27-23(15-16-9-11-18(26-6)12-10-16)20(22(3,4)5)14-13-19(24)21(23)25;1-2-5-3-4/h9-12,17,20H,7-8,13-15,24-25H2,1-6H3;3H,2H2,1H3. The summed E-state index contributed by atoms with van der Waals surface area (Å²) in [7, 11) is 1.69. The maximum absolute atomic E-state index is 9.18. The minimum atomic E-state index is -0.578. The zero-order valence-electron chi connectivity index (χ0n) is 21.1. The van der Waals surface area contributed by atoms with Crippen LogP contribution in [0.3, 0.4) is 0 Å². The molecule has 1 aromatic rings. The van der Waals surface area contributed by atoms with Crippen molar-refractivity contribution in [3.05, 3.63) is 41.2 Å². The quantitative estimate of drug-likeness (QED) is 0.519. The molecular formula is C26H44N2O4. The Kier molecular flexibility index (Phi) is 11.1. The van der Waals surface area contributed by atoms with Gasteiger partial charge < -0.3 is 25.7 Å². The lowest BCUT2D eigenvalue weighted by molar-refractivity contribution is -0.137. The van der Waals surface area contributed by atoms with Gasteiger partial charge in [-0.25, -0.2) is 0 Å². The fourth-order valence-corrected chi connectivity index (χ4v) is 4.53. The summed E-state index contributed by atoms with van der Waals surface area (Å²) in [6.45, 7) is 13.9. The minimum absolute atomic E-state index is 0.0593. The van der Waals surface area contributed by atoms with Crippen LogP contribution in [0.15, 0.2) is 35.7 Å². The largest absolute Gasteiger partial charge is 0.497 e. The molecule has 0 saturated carbocycles. The van der Waals surface area contributed by atoms with Crippen LogP contribution in [0.1, 0.15) is 72.8 Å². The number of carbonyl (C=O) groups excluding carboxylic acids is 1. The molecule has 2 unspecified atom stereocenters. The Labute approximate surface area is 194 Å². The Hall–Kier alpha value is -2.21. The van der Waals surface area contributed by atoms with Crippen LogP contribution in [0.25, 0.3) is 0 Å². The highest BCUT2D eigenvalue weighted by atomic mass is 16.5. The Morgan fingerprint density at radius 3 is 2.12 bits per heavy atom. The predicted octanol–water partition coefficient (Wildman–Crippen LogP) is 4.95. The molecule has 1 aliphatic carbocycles. The fourth-order valence-electron chi connectivity index (χ4n) is 4.53. The summed E-state index contributed by atoms with van der Waals surface area (Å²) < 4.78 is 16.3. The summed E-state index contributed by atoms with van der Waals surface area (Å²) in [5.74, 6) is 1.15. The molecule has 0 bridgehead atoms. The zero-order chi connectivity index (χ0) is 24.4. The van der Waals surface area contributed by atoms with Gasteiger partial charge in [0.1, 0.15) is 11.4 Å². The molecule has 0 spiro atoms. The van der Waals surface area contributed by atoms with E-state index in [9.17, 15) is 4.79 Å². The minimum Gasteiger partial charge on any atom is -0.497 e. The van der Waals surface area contributed by atoms with Crippen LogP contribution in [0.5, 0.6) is 5.75 Å². The molecule has 0 aromatic heterocycles. The molecule has 6 heteroatoms. The van der Waals surface area contributed by atoms with Gasteiger partial charge in [0.05, 0.1) is 25.5 Å². The lowest BCUT2D eigenvalue weighted by Crippen LogP contribution is -2.56. The molecule has 0 radical (unpaired) electrons. The van der Waals surface area contributed by atoms with Crippen molar-refractivity contribution in [1.82, 2.24) is 0 Å². The van der Waals surface area contributed by atoms with Gasteiger partial charge in [-0.2, -0.15) is 0 Å². The first-order valence-electron chi connectivity index (χ1n) is 11.7. The molecule has 182 valence electrons. The molecule has 32 heavy (non-hydrogen) atoms. The van der Waals surface area contributed by atoms with Crippen molar-refractivity contribution in [3.63, 3.8) is 0 Å². The molecule has 6 nitrogen and oxygen atoms in total. The van der Waals surface area contributed by atoms with Gasteiger partial charge in [0.2, 0.25) is 0 Å². The molecular weight excluding hydrogens is 404 g/mol. The summed E-state index contributed by atoms with van der Waals surface area (Å²) in [5, 5.41) is 0. The van der Waals surface area contributed by atoms with Gasteiger partial charge in [0, 0.05) is 12.1 Å². The van der Waals surface area contributed by atoms with Crippen LogP contribution in [-0.4, -0.2) is 31.9 Å². The third kappa shape index (κ3) is 7.16. The number of allylic oxidation sites excluding steroid dienone is 1. The first kappa shape index (κ1) is 27.8. The lowest BCUT2D eigenvalue weighted by atomic mass is 9.62. The third-order valence-corrected chi connectivity index (χ3v) is 6.26. The summed E-state index contributed by atoms with van der Waals surface area (Å²) in [4.78, 5) is 9.18. The Morgan fingerprint density at radius 2 is 1.72 bits per heavy atom. The van der Waals surface area contributed by atoms with Crippen LogP contribution in [0.4, 0.5) is 0 Å². The average molecular weight is 449 g/mol. The van der Waals surface area contributed by atoms with E-state index in [-0.39, 0.29) is 11.5 Å². The topological polar surface area (TPSA) is 96.8 Å². The van der Waals surface area contributed by atoms with Crippen LogP contribution >= 0.6 is 0 Å². The molecule has 0 aliphatic heterocycles. The molecule has 2 rings (SSSR count). The summed E-state index contributed by atoms with van der Waals surface area (Å²) >= 11 is 0. The second-order valence-corrected chi connectivity index (χ2v) is 9.42. The molecule has 0 fully saturated rings. The number of benzene rings is 1. The number of hydrogen-bond donors (Lipinski definition) is 2. The van der Waals surface area contributed by atoms with E-state index in [0.717, 1.165) is 49.2 Å². The van der Waals surface area contributed by atoms with E-state index < -0.39 is 5.60 Å². The average Bonchev–Trinajstić information content (AvgIpc) is 2.76. The van der Waals surface area contributed by atoms with Crippen molar-refractivity contribution in [1.29, 1.82) is 0 Å². The third-order valence-electron chi connectivity index (χ3n) is 6.26. The Morgan fingerprint density at radius 1 is 1.12 bits per heavy atom. The van der Waals surface area contributed by atoms with E-state index in [2.05, 4.69) is 51.5 Å². The first-order chi connectivity index (χ1) is 15.1. The smallest absolute Gasteiger partial charge is 0.293 e. The van der Waals surface area contributed by atoms with Crippen LogP contribution in [-0.2, 0) is 20.7 Å². The van der Waals surface area contributed by atoms with Crippen molar-refractivity contribution < 1.29 is 19.0 Å². The molecule has 2 atom stereocenters. The summed E-state index contributed by atoms with van der Waals surface area (Å²) in [5.41, 5.74) is 15.3. The summed E-state index contributed by atoms with van der Waals surface area (Å²) in [6, 6.07) is 8.21. The van der Waals surface area contributed by atoms with Crippen molar-refractivity contribution in [2.75, 3.05) is 13.7 Å². The van der Waals surface area contributed by atoms with E-state index >= 15 is 0 Å². The van der Waals surface area contributed by atoms with Crippen LogP contribution in [0, 0.1) is 11.3 Å². The Bertz CT molecular complexity index is 720. The number of carbonyl (C=O) groups is 1. The number of methoxy groups -OCH3 is 1. The second kappa shape index (κ2) is 12.7. The van der Waals surface area contributed by atoms with Crippen molar-refractivity contribution >= 4 is 6.47 Å². The van der Waals surface area contributed by atoms with E-state index in [4.69, 9.17) is 20.9 Å². The van der Waals surface area contributed by atoms with Gasteiger partial charge >= 0.3 is 0 Å². The van der Waals surface area contributed by atoms with Crippen LogP contribution < -0.4 is 16.2 Å². The van der Waals surface area contributed by atoms with E-state index in [1.807, 2.05) is 12.1 Å². The molecule has 0 amide bonds. The maximum Gasteiger partial charge on any atom is 0.293 e. The van der Waals surface area contributed by atoms with E-state index in [0.29, 0.717) is 19.0 Å². The SMILES string of the molecule is CCC(CC)OC1(Cc2ccc(OC)cc2)C(N)=C(N)CCC1C(C)(C)C.CCOC=O. The molecule has 1 aromatic carbocycles. The monoisotopic (exact) mass is 448 g/mol. The molecule has 0 heterocycles. The van der Waals surface area contributed by atoms with Gasteiger partial charge in [-0.15, -0.1) is 0 Å². The van der Waals surface area contributed by atoms with E-state index in [1.54, 1.807) is 14.0 Å². The number of ether oxygens (including phenoxy) is 3. The number of rotatable bonds is 9. The van der Waals surface area contributed by atoms with Crippen LogP contribution in [0.2, 0.25) is 0 Å². The normalized spacial score (nSPS) is 21.1. The second-order valence-electron chi connectivity index (χ2n) is 9.42. The highest BCUT2D eigenvalue weighted by molar-refractivity contribution is 5.36. The maximum atomic E-state index is 9.18. The molecule has 1 aliphatic rings. The van der Waals surface area contributed by atoms with Gasteiger partial charge in [0.25, 0.3) is 6.47 Å². The van der Waals surface area contributed by atoms with Gasteiger partial charge in [-0.05, 0) is 61.6 Å². The predicted molar refractivity (Wildman–Crippen MR) is 130 cm³/mol. The van der Waals surface area contributed by atoms with E-state index in [1.165, 1.54) is 5.56 Å². The van der Waals surface area contributed by atoms with Crippen molar-refractivity contribution in [3.8, 4) is 5.75 Å². The van der Waals surface area contributed by atoms with Gasteiger partial charge in [-0.3, -0.25) is 4.79 Å². The fraction of sp³-hybridized carbons (Fsp3) is 0.654. The highest BCUT2D eigenvalue weighted by Crippen LogP contribution is 2.49. The van der Waals surface area contributed by atoms with Gasteiger partial charge in [-0.1, -0.05) is 46.8 Å². The number of hydrogen-bond acceptors (Lipinski definition) is 6. The highest BCUT2D eigenvalue weighted by Gasteiger charge is 2.51. The molecule has 4 N–H and O–H groups in total. The summed E-state index contributed by atoms with van der Waals surface area (Å²) in [6.07, 6.45) is 4.65. The van der Waals surface area contributed by atoms with Crippen molar-refractivity contribution in [2.24, 2.45) is 22.8 Å². The van der Waals surface area contributed by atoms with Gasteiger partial charge in [0.15, 0.2) is 0 Å². The Balaban J connectivity index is 0.000000920. The first-order valence-corrected chi connectivity index (χ1v) is 11.7.